The molecule has 0 aromatic heterocycles. The first-order chi connectivity index (χ1) is 18.3. The molecular formula is C28H28Cl3N3O5. The second-order valence-electron chi connectivity index (χ2n) is 9.61. The Morgan fingerprint density at radius 2 is 1.41 bits per heavy atom. The average Bonchev–Trinajstić information content (AvgIpc) is 2.88. The second kappa shape index (κ2) is 12.6. The van der Waals surface area contributed by atoms with Crippen molar-refractivity contribution in [2.24, 2.45) is 5.41 Å². The molecule has 0 aliphatic heterocycles. The number of carbonyl (C=O) groups is 3. The predicted molar refractivity (Wildman–Crippen MR) is 155 cm³/mol. The van der Waals surface area contributed by atoms with E-state index in [0.717, 1.165) is 5.56 Å². The Balaban J connectivity index is 1.99. The minimum atomic E-state index is -0.940. The van der Waals surface area contributed by atoms with Crippen LogP contribution in [-0.4, -0.2) is 38.2 Å². The minimum Gasteiger partial charge on any atom is -0.497 e. The topological polar surface area (TPSA) is 106 Å². The van der Waals surface area contributed by atoms with Gasteiger partial charge in [-0.25, -0.2) is 9.59 Å². The van der Waals surface area contributed by atoms with Crippen LogP contribution < -0.4 is 20.7 Å². The highest BCUT2D eigenvalue weighted by atomic mass is 35.5. The van der Waals surface area contributed by atoms with Crippen molar-refractivity contribution in [3.05, 3.63) is 75.2 Å². The van der Waals surface area contributed by atoms with Crippen LogP contribution >= 0.6 is 34.8 Å². The molecule has 3 rings (SSSR count). The lowest BCUT2D eigenvalue weighted by Crippen LogP contribution is -2.49. The van der Waals surface area contributed by atoms with Gasteiger partial charge in [-0.1, -0.05) is 73.8 Å². The van der Waals surface area contributed by atoms with Crippen LogP contribution in [0.15, 0.2) is 54.6 Å². The molecule has 206 valence electrons. The summed E-state index contributed by atoms with van der Waals surface area (Å²) in [6.07, 6.45) is 0. The van der Waals surface area contributed by atoms with Gasteiger partial charge in [0.25, 0.3) is 5.91 Å². The summed E-state index contributed by atoms with van der Waals surface area (Å²) in [7, 11) is 2.82. The van der Waals surface area contributed by atoms with Crippen LogP contribution in [0.2, 0.25) is 15.1 Å². The van der Waals surface area contributed by atoms with Crippen molar-refractivity contribution < 1.29 is 23.9 Å². The van der Waals surface area contributed by atoms with Gasteiger partial charge in [-0.15, -0.1) is 0 Å². The maximum atomic E-state index is 13.4. The number of anilines is 2. The van der Waals surface area contributed by atoms with Gasteiger partial charge in [0.05, 0.1) is 41.2 Å². The molecule has 3 amide bonds. The highest BCUT2D eigenvalue weighted by Gasteiger charge is 2.34. The first kappa shape index (κ1) is 30.1. The molecule has 0 unspecified atom stereocenters. The fraction of sp³-hybridized carbons (Fsp3) is 0.250. The molecule has 3 aromatic rings. The van der Waals surface area contributed by atoms with E-state index in [4.69, 9.17) is 44.3 Å². The third-order valence-electron chi connectivity index (χ3n) is 5.76. The number of hydrogen-bond donors (Lipinski definition) is 3. The molecule has 39 heavy (non-hydrogen) atoms. The number of rotatable bonds is 7. The summed E-state index contributed by atoms with van der Waals surface area (Å²) < 4.78 is 10.1. The molecule has 3 N–H and O–H groups in total. The predicted octanol–water partition coefficient (Wildman–Crippen LogP) is 7.28. The molecule has 0 aliphatic carbocycles. The molecule has 0 spiro atoms. The number of halogens is 3. The van der Waals surface area contributed by atoms with Gasteiger partial charge in [-0.05, 0) is 52.9 Å². The summed E-state index contributed by atoms with van der Waals surface area (Å²) in [6.45, 7) is 5.40. The molecule has 8 nitrogen and oxygen atoms in total. The largest absolute Gasteiger partial charge is 0.497 e. The summed E-state index contributed by atoms with van der Waals surface area (Å²) >= 11 is 18.4. The normalized spacial score (nSPS) is 11.8. The lowest BCUT2D eigenvalue weighted by Gasteiger charge is -2.29. The second-order valence-corrected chi connectivity index (χ2v) is 10.9. The summed E-state index contributed by atoms with van der Waals surface area (Å²) in [6, 6.07) is 13.4. The fourth-order valence-corrected chi connectivity index (χ4v) is 4.60. The Morgan fingerprint density at radius 3 is 1.95 bits per heavy atom. The maximum absolute atomic E-state index is 13.4. The monoisotopic (exact) mass is 591 g/mol. The highest BCUT2D eigenvalue weighted by molar-refractivity contribution is 6.42. The Labute approximate surface area is 241 Å². The quantitative estimate of drug-likeness (QED) is 0.250. The summed E-state index contributed by atoms with van der Waals surface area (Å²) in [5.74, 6) is -0.496. The standard InChI is InChI=1S/C28H28Cl3N3O5/c1-28(2,3)24(26(36)39-5)34-25(35)19-11-8-16(15-6-9-18(38-4)10-7-15)12-22(19)32-27(37)33-23-20(30)13-17(29)14-21(23)31/h6-14,24H,1-5H3,(H,34,35)(H2,32,33,37)/t24-/m1/s1. The smallest absolute Gasteiger partial charge is 0.328 e. The highest BCUT2D eigenvalue weighted by Crippen LogP contribution is 2.34. The van der Waals surface area contributed by atoms with Crippen molar-refractivity contribution in [1.82, 2.24) is 5.32 Å². The zero-order valence-corrected chi connectivity index (χ0v) is 24.2. The number of hydrogen-bond acceptors (Lipinski definition) is 5. The average molecular weight is 593 g/mol. The summed E-state index contributed by atoms with van der Waals surface area (Å²) in [4.78, 5) is 38.8. The van der Waals surface area contributed by atoms with Crippen LogP contribution in [0.5, 0.6) is 5.75 Å². The molecule has 0 aliphatic rings. The van der Waals surface area contributed by atoms with Crippen molar-refractivity contribution in [2.75, 3.05) is 24.9 Å². The van der Waals surface area contributed by atoms with E-state index in [1.165, 1.54) is 19.2 Å². The summed E-state index contributed by atoms with van der Waals surface area (Å²) in [5, 5.41) is 8.60. The number of urea groups is 1. The van der Waals surface area contributed by atoms with Crippen molar-refractivity contribution in [3.8, 4) is 16.9 Å². The van der Waals surface area contributed by atoms with E-state index in [0.29, 0.717) is 16.3 Å². The molecule has 0 saturated carbocycles. The zero-order valence-electron chi connectivity index (χ0n) is 21.9. The van der Waals surface area contributed by atoms with Gasteiger partial charge in [0.15, 0.2) is 0 Å². The molecule has 1 atom stereocenters. The Morgan fingerprint density at radius 1 is 0.821 bits per heavy atom. The lowest BCUT2D eigenvalue weighted by molar-refractivity contribution is -0.145. The van der Waals surface area contributed by atoms with Gasteiger partial charge in [0.2, 0.25) is 0 Å². The lowest BCUT2D eigenvalue weighted by atomic mass is 9.86. The molecule has 0 fully saturated rings. The van der Waals surface area contributed by atoms with E-state index in [2.05, 4.69) is 16.0 Å². The van der Waals surface area contributed by atoms with E-state index < -0.39 is 29.4 Å². The number of nitrogens with one attached hydrogen (secondary N) is 3. The molecule has 0 bridgehead atoms. The van der Waals surface area contributed by atoms with Crippen molar-refractivity contribution >= 4 is 64.1 Å². The van der Waals surface area contributed by atoms with Crippen LogP contribution in [0.25, 0.3) is 11.1 Å². The maximum Gasteiger partial charge on any atom is 0.328 e. The van der Waals surface area contributed by atoms with Crippen LogP contribution in [0, 0.1) is 5.41 Å². The third-order valence-corrected chi connectivity index (χ3v) is 6.57. The van der Waals surface area contributed by atoms with Crippen molar-refractivity contribution in [2.45, 2.75) is 26.8 Å². The van der Waals surface area contributed by atoms with Crippen molar-refractivity contribution in [3.63, 3.8) is 0 Å². The zero-order chi connectivity index (χ0) is 28.9. The van der Waals surface area contributed by atoms with Gasteiger partial charge in [-0.2, -0.15) is 0 Å². The first-order valence-electron chi connectivity index (χ1n) is 11.7. The SMILES string of the molecule is COC(=O)[C@@H](NC(=O)c1ccc(-c2ccc(OC)cc2)cc1NC(=O)Nc1c(Cl)cc(Cl)cc1Cl)C(C)(C)C. The number of benzene rings is 3. The van der Waals surface area contributed by atoms with Gasteiger partial charge in [0, 0.05) is 5.02 Å². The van der Waals surface area contributed by atoms with E-state index in [1.54, 1.807) is 58.2 Å². The van der Waals surface area contributed by atoms with Gasteiger partial charge < -0.3 is 25.4 Å². The number of carbonyl (C=O) groups excluding carboxylic acids is 3. The van der Waals surface area contributed by atoms with Crippen LogP contribution in [0.1, 0.15) is 31.1 Å². The molecule has 0 saturated heterocycles. The summed E-state index contributed by atoms with van der Waals surface area (Å²) in [5.41, 5.74) is 1.34. The van der Waals surface area contributed by atoms with E-state index in [9.17, 15) is 14.4 Å². The van der Waals surface area contributed by atoms with Gasteiger partial charge >= 0.3 is 12.0 Å². The van der Waals surface area contributed by atoms with Gasteiger partial charge in [-0.3, -0.25) is 4.79 Å². The first-order valence-corrected chi connectivity index (χ1v) is 12.9. The van der Waals surface area contributed by atoms with Crippen LogP contribution in [-0.2, 0) is 9.53 Å². The van der Waals surface area contributed by atoms with E-state index in [1.807, 2.05) is 12.1 Å². The Bertz CT molecular complexity index is 1370. The molecule has 11 heteroatoms. The van der Waals surface area contributed by atoms with Crippen LogP contribution in [0.4, 0.5) is 16.2 Å². The Kier molecular flexibility index (Phi) is 9.72. The van der Waals surface area contributed by atoms with Crippen LogP contribution in [0.3, 0.4) is 0 Å². The molecule has 0 heterocycles. The van der Waals surface area contributed by atoms with Gasteiger partial charge in [0.1, 0.15) is 11.8 Å². The van der Waals surface area contributed by atoms with Crippen molar-refractivity contribution in [1.29, 1.82) is 0 Å². The molecule has 3 aromatic carbocycles. The third kappa shape index (κ3) is 7.56. The minimum absolute atomic E-state index is 0.119. The molecule has 0 radical (unpaired) electrons. The van der Waals surface area contributed by atoms with E-state index in [-0.39, 0.29) is 27.0 Å². The van der Waals surface area contributed by atoms with E-state index >= 15 is 0 Å². The number of methoxy groups -OCH3 is 2. The molecular weight excluding hydrogens is 565 g/mol. The Hall–Kier alpha value is -3.46. The fourth-order valence-electron chi connectivity index (χ4n) is 3.69. The number of amides is 3. The number of ether oxygens (including phenoxy) is 2. The number of esters is 1.